The van der Waals surface area contributed by atoms with Crippen molar-refractivity contribution in [3.05, 3.63) is 35.5 Å². The van der Waals surface area contributed by atoms with Gasteiger partial charge in [0.25, 0.3) is 0 Å². The summed E-state index contributed by atoms with van der Waals surface area (Å²) in [6.07, 6.45) is 0.859. The second-order valence-corrected chi connectivity index (χ2v) is 6.56. The summed E-state index contributed by atoms with van der Waals surface area (Å²) in [7, 11) is 2.12. The molecule has 5 nitrogen and oxygen atoms in total. The maximum absolute atomic E-state index is 12.6. The van der Waals surface area contributed by atoms with Crippen molar-refractivity contribution in [2.45, 2.75) is 20.3 Å². The summed E-state index contributed by atoms with van der Waals surface area (Å²) in [5, 5.41) is 4.17. The Morgan fingerprint density at radius 2 is 1.92 bits per heavy atom. The monoisotopic (exact) mass is 326 g/mol. The van der Waals surface area contributed by atoms with E-state index in [2.05, 4.69) is 29.1 Å². The number of carbonyl (C=O) groups excluding carboxylic acids is 1. The number of nitrogens with zero attached hydrogens (tertiary/aromatic N) is 3. The van der Waals surface area contributed by atoms with Crippen molar-refractivity contribution in [1.29, 1.82) is 0 Å². The van der Waals surface area contributed by atoms with Crippen molar-refractivity contribution in [1.82, 2.24) is 14.8 Å². The van der Waals surface area contributed by atoms with Gasteiger partial charge in [-0.15, -0.1) is 0 Å². The van der Waals surface area contributed by atoms with E-state index in [1.54, 1.807) is 0 Å². The second kappa shape index (κ2) is 7.28. The van der Waals surface area contributed by atoms with Gasteiger partial charge in [0, 0.05) is 37.3 Å². The van der Waals surface area contributed by atoms with Crippen molar-refractivity contribution in [3.63, 3.8) is 0 Å². The minimum absolute atomic E-state index is 0.0565. The molecular weight excluding hydrogens is 300 g/mol. The predicted octanol–water partition coefficient (Wildman–Crippen LogP) is 2.29. The Labute approximate surface area is 143 Å². The van der Waals surface area contributed by atoms with Gasteiger partial charge < -0.3 is 10.2 Å². The molecule has 5 heteroatoms. The van der Waals surface area contributed by atoms with E-state index in [0.717, 1.165) is 60.4 Å². The molecule has 3 rings (SSSR count). The maximum atomic E-state index is 12.6. The van der Waals surface area contributed by atoms with E-state index in [0.29, 0.717) is 6.54 Å². The Morgan fingerprint density at radius 3 is 2.62 bits per heavy atom. The number of nitrogens with one attached hydrogen (secondary N) is 1. The standard InChI is InChI=1S/C19H26N4O/c1-4-16-14(2)19(15-7-5-6-8-17(15)20-16)21-18(24)13-23-11-9-22(3)10-12-23/h5-8H,4,9-13H2,1-3H3,(H,20,21,24). The fraction of sp³-hybridized carbons (Fsp3) is 0.474. The largest absolute Gasteiger partial charge is 0.324 e. The molecular formula is C19H26N4O. The zero-order valence-electron chi connectivity index (χ0n) is 14.8. The Balaban J connectivity index is 1.81. The first-order chi connectivity index (χ1) is 11.6. The van der Waals surface area contributed by atoms with E-state index in [1.807, 2.05) is 31.2 Å². The van der Waals surface area contributed by atoms with Crippen molar-refractivity contribution < 1.29 is 4.79 Å². The molecule has 1 N–H and O–H groups in total. The topological polar surface area (TPSA) is 48.5 Å². The molecule has 1 amide bonds. The average molecular weight is 326 g/mol. The first kappa shape index (κ1) is 16.9. The van der Waals surface area contributed by atoms with Crippen LogP contribution in [-0.2, 0) is 11.2 Å². The number of benzene rings is 1. The molecule has 1 aliphatic rings. The van der Waals surface area contributed by atoms with Gasteiger partial charge in [-0.1, -0.05) is 25.1 Å². The molecule has 1 saturated heterocycles. The lowest BCUT2D eigenvalue weighted by molar-refractivity contribution is -0.117. The van der Waals surface area contributed by atoms with Gasteiger partial charge in [0.15, 0.2) is 0 Å². The number of carbonyl (C=O) groups is 1. The Hall–Kier alpha value is -1.98. The fourth-order valence-electron chi connectivity index (χ4n) is 3.25. The minimum Gasteiger partial charge on any atom is -0.324 e. The van der Waals surface area contributed by atoms with Gasteiger partial charge in [-0.05, 0) is 32.0 Å². The van der Waals surface area contributed by atoms with Crippen LogP contribution in [0, 0.1) is 6.92 Å². The van der Waals surface area contributed by atoms with E-state index in [1.165, 1.54) is 0 Å². The number of aromatic nitrogens is 1. The van der Waals surface area contributed by atoms with E-state index in [-0.39, 0.29) is 5.91 Å². The van der Waals surface area contributed by atoms with Crippen molar-refractivity contribution >= 4 is 22.5 Å². The number of anilines is 1. The molecule has 2 heterocycles. The highest BCUT2D eigenvalue weighted by Crippen LogP contribution is 2.28. The number of piperazine rings is 1. The smallest absolute Gasteiger partial charge is 0.238 e. The van der Waals surface area contributed by atoms with Gasteiger partial charge in [-0.3, -0.25) is 14.7 Å². The minimum atomic E-state index is 0.0565. The van der Waals surface area contributed by atoms with Crippen LogP contribution >= 0.6 is 0 Å². The van der Waals surface area contributed by atoms with Gasteiger partial charge in [-0.2, -0.15) is 0 Å². The number of aryl methyl sites for hydroxylation is 1. The number of hydrogen-bond acceptors (Lipinski definition) is 4. The van der Waals surface area contributed by atoms with Gasteiger partial charge >= 0.3 is 0 Å². The van der Waals surface area contributed by atoms with Crippen LogP contribution in [0.4, 0.5) is 5.69 Å². The SMILES string of the molecule is CCc1nc2ccccc2c(NC(=O)CN2CCN(C)CC2)c1C. The number of hydrogen-bond donors (Lipinski definition) is 1. The van der Waals surface area contributed by atoms with E-state index >= 15 is 0 Å². The van der Waals surface area contributed by atoms with Crippen molar-refractivity contribution in [3.8, 4) is 0 Å². The number of rotatable bonds is 4. The third kappa shape index (κ3) is 3.57. The predicted molar refractivity (Wildman–Crippen MR) is 98.4 cm³/mol. The molecule has 24 heavy (non-hydrogen) atoms. The second-order valence-electron chi connectivity index (χ2n) is 6.56. The number of fused-ring (bicyclic) bond motifs is 1. The normalized spacial score (nSPS) is 16.5. The summed E-state index contributed by atoms with van der Waals surface area (Å²) in [5.74, 6) is 0.0565. The van der Waals surface area contributed by atoms with E-state index < -0.39 is 0 Å². The quantitative estimate of drug-likeness (QED) is 0.936. The van der Waals surface area contributed by atoms with Gasteiger partial charge in [-0.25, -0.2) is 0 Å². The van der Waals surface area contributed by atoms with Crippen molar-refractivity contribution in [2.75, 3.05) is 45.1 Å². The molecule has 0 saturated carbocycles. The molecule has 1 aliphatic heterocycles. The highest BCUT2D eigenvalue weighted by Gasteiger charge is 2.18. The number of para-hydroxylation sites is 1. The Bertz CT molecular complexity index is 735. The van der Waals surface area contributed by atoms with Gasteiger partial charge in [0.05, 0.1) is 17.7 Å². The molecule has 0 spiro atoms. The van der Waals surface area contributed by atoms with Gasteiger partial charge in [0.2, 0.25) is 5.91 Å². The van der Waals surface area contributed by atoms with Crippen LogP contribution in [0.2, 0.25) is 0 Å². The van der Waals surface area contributed by atoms with Gasteiger partial charge in [0.1, 0.15) is 0 Å². The van der Waals surface area contributed by atoms with Crippen LogP contribution in [0.15, 0.2) is 24.3 Å². The van der Waals surface area contributed by atoms with E-state index in [4.69, 9.17) is 4.98 Å². The molecule has 0 unspecified atom stereocenters. The maximum Gasteiger partial charge on any atom is 0.238 e. The number of amides is 1. The summed E-state index contributed by atoms with van der Waals surface area (Å²) in [5.41, 5.74) is 3.97. The third-order valence-corrected chi connectivity index (χ3v) is 4.80. The lowest BCUT2D eigenvalue weighted by Crippen LogP contribution is -2.47. The Kier molecular flexibility index (Phi) is 5.11. The summed E-state index contributed by atoms with van der Waals surface area (Å²) >= 11 is 0. The molecule has 1 fully saturated rings. The molecule has 1 aromatic heterocycles. The van der Waals surface area contributed by atoms with Crippen LogP contribution in [0.3, 0.4) is 0 Å². The zero-order valence-corrected chi connectivity index (χ0v) is 14.8. The first-order valence-electron chi connectivity index (χ1n) is 8.67. The summed E-state index contributed by atoms with van der Waals surface area (Å²) in [4.78, 5) is 21.8. The Morgan fingerprint density at radius 1 is 1.21 bits per heavy atom. The van der Waals surface area contributed by atoms with Crippen molar-refractivity contribution in [2.24, 2.45) is 0 Å². The highest BCUT2D eigenvalue weighted by molar-refractivity contribution is 6.03. The van der Waals surface area contributed by atoms with Crippen LogP contribution in [-0.4, -0.2) is 60.5 Å². The first-order valence-corrected chi connectivity index (χ1v) is 8.67. The number of likely N-dealkylation sites (N-methyl/N-ethyl adjacent to an activating group) is 1. The van der Waals surface area contributed by atoms with Crippen LogP contribution in [0.1, 0.15) is 18.2 Å². The van der Waals surface area contributed by atoms with Crippen LogP contribution < -0.4 is 5.32 Å². The summed E-state index contributed by atoms with van der Waals surface area (Å²) in [6, 6.07) is 8.01. The molecule has 0 bridgehead atoms. The summed E-state index contributed by atoms with van der Waals surface area (Å²) < 4.78 is 0. The lowest BCUT2D eigenvalue weighted by atomic mass is 10.1. The number of pyridine rings is 1. The molecule has 0 radical (unpaired) electrons. The molecule has 128 valence electrons. The average Bonchev–Trinajstić information content (AvgIpc) is 2.59. The third-order valence-electron chi connectivity index (χ3n) is 4.80. The van der Waals surface area contributed by atoms with Crippen LogP contribution in [0.25, 0.3) is 10.9 Å². The van der Waals surface area contributed by atoms with Crippen LogP contribution in [0.5, 0.6) is 0 Å². The molecule has 0 atom stereocenters. The zero-order chi connectivity index (χ0) is 17.1. The molecule has 2 aromatic rings. The molecule has 0 aliphatic carbocycles. The highest BCUT2D eigenvalue weighted by atomic mass is 16.2. The lowest BCUT2D eigenvalue weighted by Gasteiger charge is -2.31. The summed E-state index contributed by atoms with van der Waals surface area (Å²) in [6.45, 7) is 8.52. The fourth-order valence-corrected chi connectivity index (χ4v) is 3.25. The van der Waals surface area contributed by atoms with E-state index in [9.17, 15) is 4.79 Å². The molecule has 1 aromatic carbocycles.